The van der Waals surface area contributed by atoms with E-state index in [1.165, 1.54) is 0 Å². The number of fused-ring (bicyclic) bond motifs is 1. The summed E-state index contributed by atoms with van der Waals surface area (Å²) in [5, 5.41) is 12.7. The molecule has 6 heteroatoms. The van der Waals surface area contributed by atoms with E-state index >= 15 is 0 Å². The average Bonchev–Trinajstić information content (AvgIpc) is 3.33. The second kappa shape index (κ2) is 8.22. The number of carbonyl (C=O) groups excluding carboxylic acids is 2. The van der Waals surface area contributed by atoms with E-state index in [0.717, 1.165) is 44.9 Å². The number of nitrogens with one attached hydrogen (secondary N) is 1. The fourth-order valence-electron chi connectivity index (χ4n) is 3.93. The van der Waals surface area contributed by atoms with Gasteiger partial charge in [-0.2, -0.15) is 5.26 Å². The second-order valence-electron chi connectivity index (χ2n) is 7.44. The Labute approximate surface area is 189 Å². The number of rotatable bonds is 4. The van der Waals surface area contributed by atoms with Crippen molar-refractivity contribution >= 4 is 39.9 Å². The summed E-state index contributed by atoms with van der Waals surface area (Å²) < 4.78 is 2.10. The van der Waals surface area contributed by atoms with E-state index in [1.807, 2.05) is 79.0 Å². The minimum atomic E-state index is -0.369. The summed E-state index contributed by atoms with van der Waals surface area (Å²) in [4.78, 5) is 23.9. The third-order valence-electron chi connectivity index (χ3n) is 5.39. The van der Waals surface area contributed by atoms with Gasteiger partial charge < -0.3 is 4.57 Å². The predicted molar refractivity (Wildman–Crippen MR) is 127 cm³/mol. The molecule has 0 spiro atoms. The Morgan fingerprint density at radius 3 is 2.53 bits per heavy atom. The molecule has 5 nitrogen and oxygen atoms in total. The van der Waals surface area contributed by atoms with Crippen LogP contribution in [0.4, 0.5) is 4.79 Å². The molecule has 1 N–H and O–H groups in total. The lowest BCUT2D eigenvalue weighted by atomic mass is 9.98. The van der Waals surface area contributed by atoms with E-state index in [-0.39, 0.29) is 11.1 Å². The molecule has 0 aliphatic carbocycles. The molecule has 1 aromatic heterocycles. The first-order valence-electron chi connectivity index (χ1n) is 10.0. The van der Waals surface area contributed by atoms with Crippen LogP contribution in [-0.2, 0) is 11.3 Å². The van der Waals surface area contributed by atoms with Crippen molar-refractivity contribution in [2.45, 2.75) is 6.54 Å². The molecule has 0 unspecified atom stereocenters. The Morgan fingerprint density at radius 2 is 1.78 bits per heavy atom. The third kappa shape index (κ3) is 3.70. The molecule has 3 aromatic carbocycles. The molecule has 1 aliphatic rings. The van der Waals surface area contributed by atoms with Gasteiger partial charge in [0.05, 0.1) is 16.5 Å². The van der Waals surface area contributed by atoms with Crippen LogP contribution < -0.4 is 5.32 Å². The molecule has 4 aromatic rings. The minimum absolute atomic E-state index is 0.354. The molecule has 2 amide bonds. The molecule has 0 atom stereocenters. The number of imide groups is 1. The Hall–Kier alpha value is -4.08. The van der Waals surface area contributed by atoms with Crippen molar-refractivity contribution in [1.82, 2.24) is 9.88 Å². The molecular formula is C26H17N3O2S. The highest BCUT2D eigenvalue weighted by atomic mass is 32.2. The van der Waals surface area contributed by atoms with Gasteiger partial charge in [0.25, 0.3) is 11.1 Å². The largest absolute Gasteiger partial charge is 0.342 e. The van der Waals surface area contributed by atoms with Crippen LogP contribution in [0.1, 0.15) is 16.7 Å². The predicted octanol–water partition coefficient (Wildman–Crippen LogP) is 5.55. The van der Waals surface area contributed by atoms with E-state index in [4.69, 9.17) is 0 Å². The number of thioether (sulfide) groups is 1. The van der Waals surface area contributed by atoms with Crippen molar-refractivity contribution in [3.05, 3.63) is 101 Å². The summed E-state index contributed by atoms with van der Waals surface area (Å²) in [6.45, 7) is 0.575. The zero-order valence-corrected chi connectivity index (χ0v) is 17.7. The number of benzene rings is 3. The second-order valence-corrected chi connectivity index (χ2v) is 8.45. The Kier molecular flexibility index (Phi) is 5.10. The number of hydrogen-bond acceptors (Lipinski definition) is 4. The normalized spacial score (nSPS) is 14.7. The molecule has 1 aliphatic heterocycles. The number of amides is 2. The summed E-state index contributed by atoms with van der Waals surface area (Å²) in [6, 6.07) is 26.1. The minimum Gasteiger partial charge on any atom is -0.342 e. The van der Waals surface area contributed by atoms with Gasteiger partial charge in [0.2, 0.25) is 0 Å². The zero-order valence-electron chi connectivity index (χ0n) is 16.9. The Morgan fingerprint density at radius 1 is 1.00 bits per heavy atom. The smallest absolute Gasteiger partial charge is 0.290 e. The van der Waals surface area contributed by atoms with Gasteiger partial charge in [-0.1, -0.05) is 60.7 Å². The van der Waals surface area contributed by atoms with Crippen molar-refractivity contribution in [2.75, 3.05) is 0 Å². The van der Waals surface area contributed by atoms with Crippen LogP contribution in [0.3, 0.4) is 0 Å². The van der Waals surface area contributed by atoms with Gasteiger partial charge in [-0.25, -0.2) is 0 Å². The molecular weight excluding hydrogens is 418 g/mol. The molecule has 0 saturated carbocycles. The van der Waals surface area contributed by atoms with Crippen molar-refractivity contribution < 1.29 is 9.59 Å². The fraction of sp³-hybridized carbons (Fsp3) is 0.0385. The Bertz CT molecular complexity index is 1450. The van der Waals surface area contributed by atoms with Gasteiger partial charge in [0.15, 0.2) is 0 Å². The summed E-state index contributed by atoms with van der Waals surface area (Å²) in [5.41, 5.74) is 5.44. The summed E-state index contributed by atoms with van der Waals surface area (Å²) in [6.07, 6.45) is 3.73. The van der Waals surface area contributed by atoms with Gasteiger partial charge in [-0.05, 0) is 46.7 Å². The van der Waals surface area contributed by atoms with Gasteiger partial charge >= 0.3 is 0 Å². The van der Waals surface area contributed by atoms with E-state index < -0.39 is 0 Å². The summed E-state index contributed by atoms with van der Waals surface area (Å²) >= 11 is 0.911. The lowest BCUT2D eigenvalue weighted by molar-refractivity contribution is -0.115. The highest BCUT2D eigenvalue weighted by Gasteiger charge is 2.25. The molecule has 154 valence electrons. The Balaban J connectivity index is 1.53. The molecule has 32 heavy (non-hydrogen) atoms. The van der Waals surface area contributed by atoms with Crippen LogP contribution in [0.15, 0.2) is 83.9 Å². The quantitative estimate of drug-likeness (QED) is 0.426. The molecule has 0 radical (unpaired) electrons. The number of hydrogen-bond donors (Lipinski definition) is 1. The first-order valence-corrected chi connectivity index (χ1v) is 10.9. The van der Waals surface area contributed by atoms with Crippen molar-refractivity contribution in [3.8, 4) is 17.2 Å². The van der Waals surface area contributed by atoms with Crippen LogP contribution in [0.5, 0.6) is 0 Å². The monoisotopic (exact) mass is 435 g/mol. The van der Waals surface area contributed by atoms with E-state index in [2.05, 4.69) is 16.0 Å². The van der Waals surface area contributed by atoms with E-state index in [0.29, 0.717) is 17.0 Å². The molecule has 5 rings (SSSR count). The van der Waals surface area contributed by atoms with Crippen LogP contribution >= 0.6 is 11.8 Å². The number of carbonyl (C=O) groups is 2. The van der Waals surface area contributed by atoms with Gasteiger partial charge in [0.1, 0.15) is 0 Å². The van der Waals surface area contributed by atoms with E-state index in [9.17, 15) is 14.9 Å². The number of nitriles is 1. The van der Waals surface area contributed by atoms with E-state index in [1.54, 1.807) is 6.08 Å². The maximum Gasteiger partial charge on any atom is 0.290 e. The maximum absolute atomic E-state index is 12.0. The number of aromatic nitrogens is 1. The number of para-hydroxylation sites is 1. The average molecular weight is 436 g/mol. The summed E-state index contributed by atoms with van der Waals surface area (Å²) in [7, 11) is 0. The molecule has 0 bridgehead atoms. The van der Waals surface area contributed by atoms with Crippen LogP contribution in [0.25, 0.3) is 28.1 Å². The van der Waals surface area contributed by atoms with Crippen molar-refractivity contribution in [3.63, 3.8) is 0 Å². The molecule has 1 saturated heterocycles. The topological polar surface area (TPSA) is 74.9 Å². The summed E-state index contributed by atoms with van der Waals surface area (Å²) in [5.74, 6) is -0.369. The lowest BCUT2D eigenvalue weighted by Crippen LogP contribution is -2.17. The zero-order chi connectivity index (χ0) is 22.1. The van der Waals surface area contributed by atoms with Crippen molar-refractivity contribution in [1.29, 1.82) is 5.26 Å². The van der Waals surface area contributed by atoms with Gasteiger partial charge in [-0.15, -0.1) is 0 Å². The van der Waals surface area contributed by atoms with Gasteiger partial charge in [-0.3, -0.25) is 14.9 Å². The first kappa shape index (κ1) is 19.9. The highest BCUT2D eigenvalue weighted by Crippen LogP contribution is 2.30. The highest BCUT2D eigenvalue weighted by molar-refractivity contribution is 8.18. The third-order valence-corrected chi connectivity index (χ3v) is 6.20. The standard InChI is InChI=1S/C26H17N3O2S/c27-14-19-12-17(10-11-21(19)18-6-2-1-3-7-18)15-29-16-20(22-8-4-5-9-23(22)29)13-24-25(30)28-26(31)32-24/h1-13,16H,15H2,(H,28,30,31)/b24-13+. The SMILES string of the molecule is N#Cc1cc(Cn2cc(/C=C3/SC(=O)NC3=O)c3ccccc32)ccc1-c1ccccc1. The lowest BCUT2D eigenvalue weighted by Gasteiger charge is -2.09. The van der Waals surface area contributed by atoms with Gasteiger partial charge in [0, 0.05) is 29.2 Å². The van der Waals surface area contributed by atoms with Crippen LogP contribution in [-0.4, -0.2) is 15.7 Å². The van der Waals surface area contributed by atoms with Crippen LogP contribution in [0, 0.1) is 11.3 Å². The van der Waals surface area contributed by atoms with Crippen LogP contribution in [0.2, 0.25) is 0 Å². The number of nitrogens with zero attached hydrogens (tertiary/aromatic N) is 2. The maximum atomic E-state index is 12.0. The fourth-order valence-corrected chi connectivity index (χ4v) is 4.60. The van der Waals surface area contributed by atoms with Crippen molar-refractivity contribution in [2.24, 2.45) is 0 Å². The first-order chi connectivity index (χ1) is 15.6. The molecule has 2 heterocycles. The molecule has 1 fully saturated rings.